The number of anilines is 1. The van der Waals surface area contributed by atoms with Gasteiger partial charge in [-0.3, -0.25) is 4.79 Å². The second-order valence-corrected chi connectivity index (χ2v) is 8.06. The molecule has 2 N–H and O–H groups in total. The van der Waals surface area contributed by atoms with E-state index in [1.165, 1.54) is 28.6 Å². The van der Waals surface area contributed by atoms with Gasteiger partial charge in [0.2, 0.25) is 10.0 Å². The van der Waals surface area contributed by atoms with Crippen LogP contribution in [0, 0.1) is 0 Å². The van der Waals surface area contributed by atoms with Crippen LogP contribution in [0.5, 0.6) is 0 Å². The van der Waals surface area contributed by atoms with E-state index in [4.69, 9.17) is 11.6 Å². The topological polar surface area (TPSA) is 86.7 Å². The number of hydrogen-bond donors (Lipinski definition) is 2. The quantitative estimate of drug-likeness (QED) is 0.753. The summed E-state index contributed by atoms with van der Waals surface area (Å²) in [5.41, 5.74) is 0.721. The molecule has 26 heavy (non-hydrogen) atoms. The third kappa shape index (κ3) is 4.62. The third-order valence-corrected chi connectivity index (χ3v) is 6.17. The highest BCUT2D eigenvalue weighted by Crippen LogP contribution is 2.21. The van der Waals surface area contributed by atoms with Gasteiger partial charge >= 0.3 is 0 Å². The van der Waals surface area contributed by atoms with Gasteiger partial charge < -0.3 is 10.4 Å². The molecular formula is C18H21ClN2O4S. The van der Waals surface area contributed by atoms with Crippen molar-refractivity contribution in [3.63, 3.8) is 0 Å². The van der Waals surface area contributed by atoms with Gasteiger partial charge in [0.25, 0.3) is 5.91 Å². The highest BCUT2D eigenvalue weighted by molar-refractivity contribution is 7.89. The molecule has 0 aromatic heterocycles. The first-order valence-electron chi connectivity index (χ1n) is 8.09. The fraction of sp³-hybridized carbons (Fsp3) is 0.278. The van der Waals surface area contributed by atoms with E-state index in [9.17, 15) is 18.3 Å². The molecule has 0 radical (unpaired) electrons. The number of carbonyl (C=O) groups is 1. The number of amides is 1. The lowest BCUT2D eigenvalue weighted by Crippen LogP contribution is -2.40. The van der Waals surface area contributed by atoms with Gasteiger partial charge in [-0.15, -0.1) is 0 Å². The summed E-state index contributed by atoms with van der Waals surface area (Å²) >= 11 is 5.90. The van der Waals surface area contributed by atoms with Crippen molar-refractivity contribution in [1.82, 2.24) is 4.31 Å². The van der Waals surface area contributed by atoms with E-state index in [1.54, 1.807) is 38.1 Å². The summed E-state index contributed by atoms with van der Waals surface area (Å²) in [6.45, 7) is 3.24. The average Bonchev–Trinajstić information content (AvgIpc) is 2.62. The molecule has 0 fully saturated rings. The van der Waals surface area contributed by atoms with Crippen LogP contribution in [0.25, 0.3) is 0 Å². The van der Waals surface area contributed by atoms with Crippen LogP contribution in [-0.2, 0) is 10.0 Å². The number of rotatable bonds is 7. The van der Waals surface area contributed by atoms with Gasteiger partial charge in [0.15, 0.2) is 0 Å². The molecule has 1 unspecified atom stereocenters. The van der Waals surface area contributed by atoms with Crippen molar-refractivity contribution in [3.05, 3.63) is 59.1 Å². The Morgan fingerprint density at radius 2 is 1.92 bits per heavy atom. The molecule has 2 aromatic rings. The predicted molar refractivity (Wildman–Crippen MR) is 102 cm³/mol. The van der Waals surface area contributed by atoms with Crippen molar-refractivity contribution in [2.24, 2.45) is 0 Å². The SMILES string of the molecule is CCN(C(C)CO)S(=O)(=O)c1cccc(C(=O)Nc2cccc(Cl)c2)c1. The van der Waals surface area contributed by atoms with Gasteiger partial charge in [0, 0.05) is 28.9 Å². The van der Waals surface area contributed by atoms with Crippen LogP contribution in [0.1, 0.15) is 24.2 Å². The second-order valence-electron chi connectivity index (χ2n) is 5.73. The minimum Gasteiger partial charge on any atom is -0.395 e. The van der Waals surface area contributed by atoms with Crippen LogP contribution in [0.15, 0.2) is 53.4 Å². The summed E-state index contributed by atoms with van der Waals surface area (Å²) < 4.78 is 26.8. The molecule has 0 aliphatic heterocycles. The molecule has 140 valence electrons. The number of sulfonamides is 1. The molecule has 0 saturated carbocycles. The molecule has 0 aliphatic rings. The highest BCUT2D eigenvalue weighted by atomic mass is 35.5. The Morgan fingerprint density at radius 1 is 1.23 bits per heavy atom. The van der Waals surface area contributed by atoms with Gasteiger partial charge in [0.05, 0.1) is 11.5 Å². The van der Waals surface area contributed by atoms with Gasteiger partial charge in [-0.25, -0.2) is 8.42 Å². The molecular weight excluding hydrogens is 376 g/mol. The Balaban J connectivity index is 2.30. The molecule has 0 spiro atoms. The molecule has 2 aromatic carbocycles. The van der Waals surface area contributed by atoms with E-state index in [2.05, 4.69) is 5.32 Å². The molecule has 1 amide bonds. The maximum absolute atomic E-state index is 12.8. The molecule has 0 aliphatic carbocycles. The van der Waals surface area contributed by atoms with E-state index in [0.29, 0.717) is 10.7 Å². The Kier molecular flexibility index (Phi) is 6.77. The standard InChI is InChI=1S/C18H21ClN2O4S/c1-3-21(13(2)12-22)26(24,25)17-9-4-6-14(10-17)18(23)20-16-8-5-7-15(19)11-16/h4-11,13,22H,3,12H2,1-2H3,(H,20,23). The first-order chi connectivity index (χ1) is 12.3. The monoisotopic (exact) mass is 396 g/mol. The van der Waals surface area contributed by atoms with Crippen LogP contribution in [-0.4, -0.2) is 42.9 Å². The first-order valence-corrected chi connectivity index (χ1v) is 9.91. The fourth-order valence-electron chi connectivity index (χ4n) is 2.51. The number of aliphatic hydroxyl groups is 1. The lowest BCUT2D eigenvalue weighted by atomic mass is 10.2. The van der Waals surface area contributed by atoms with Crippen LogP contribution in [0.2, 0.25) is 5.02 Å². The summed E-state index contributed by atoms with van der Waals surface area (Å²) in [6.07, 6.45) is 0. The molecule has 6 nitrogen and oxygen atoms in total. The summed E-state index contributed by atoms with van der Waals surface area (Å²) in [7, 11) is -3.83. The maximum atomic E-state index is 12.8. The Bertz CT molecular complexity index is 886. The van der Waals surface area contributed by atoms with Crippen molar-refractivity contribution in [3.8, 4) is 0 Å². The van der Waals surface area contributed by atoms with E-state index in [0.717, 1.165) is 0 Å². The average molecular weight is 397 g/mol. The number of nitrogens with one attached hydrogen (secondary N) is 1. The molecule has 0 bridgehead atoms. The summed E-state index contributed by atoms with van der Waals surface area (Å²) in [5.74, 6) is -0.442. The Morgan fingerprint density at radius 3 is 2.54 bits per heavy atom. The Labute approximate surface area is 158 Å². The van der Waals surface area contributed by atoms with Crippen LogP contribution < -0.4 is 5.32 Å². The zero-order valence-electron chi connectivity index (χ0n) is 14.5. The van der Waals surface area contributed by atoms with Gasteiger partial charge in [-0.2, -0.15) is 4.31 Å². The van der Waals surface area contributed by atoms with Crippen molar-refractivity contribution in [1.29, 1.82) is 0 Å². The number of likely N-dealkylation sites (N-methyl/N-ethyl adjacent to an activating group) is 1. The molecule has 1 atom stereocenters. The van der Waals surface area contributed by atoms with E-state index < -0.39 is 22.0 Å². The molecule has 0 heterocycles. The Hall–Kier alpha value is -1.93. The lowest BCUT2D eigenvalue weighted by Gasteiger charge is -2.25. The van der Waals surface area contributed by atoms with Crippen molar-refractivity contribution < 1.29 is 18.3 Å². The maximum Gasteiger partial charge on any atom is 0.255 e. The van der Waals surface area contributed by atoms with E-state index in [1.807, 2.05) is 0 Å². The zero-order valence-corrected chi connectivity index (χ0v) is 16.1. The number of aliphatic hydroxyl groups excluding tert-OH is 1. The first kappa shape index (κ1) is 20.4. The van der Waals surface area contributed by atoms with Gasteiger partial charge in [0.1, 0.15) is 0 Å². The molecule has 8 heteroatoms. The number of hydrogen-bond acceptors (Lipinski definition) is 4. The van der Waals surface area contributed by atoms with Crippen LogP contribution in [0.4, 0.5) is 5.69 Å². The summed E-state index contributed by atoms with van der Waals surface area (Å²) in [4.78, 5) is 12.4. The van der Waals surface area contributed by atoms with E-state index >= 15 is 0 Å². The minimum atomic E-state index is -3.83. The van der Waals surface area contributed by atoms with Crippen LogP contribution in [0.3, 0.4) is 0 Å². The summed E-state index contributed by atoms with van der Waals surface area (Å²) in [5, 5.41) is 12.5. The normalized spacial score (nSPS) is 12.8. The highest BCUT2D eigenvalue weighted by Gasteiger charge is 2.27. The van der Waals surface area contributed by atoms with Crippen molar-refractivity contribution in [2.75, 3.05) is 18.5 Å². The third-order valence-electron chi connectivity index (χ3n) is 3.85. The number of halogens is 1. The number of benzene rings is 2. The second kappa shape index (κ2) is 8.64. The molecule has 0 saturated heterocycles. The number of nitrogens with zero attached hydrogens (tertiary/aromatic N) is 1. The zero-order chi connectivity index (χ0) is 19.3. The lowest BCUT2D eigenvalue weighted by molar-refractivity contribution is 0.102. The van der Waals surface area contributed by atoms with Crippen molar-refractivity contribution >= 4 is 33.2 Å². The van der Waals surface area contributed by atoms with Gasteiger partial charge in [-0.05, 0) is 43.3 Å². The fourth-order valence-corrected chi connectivity index (χ4v) is 4.38. The predicted octanol–water partition coefficient (Wildman–Crippen LogP) is 2.98. The van der Waals surface area contributed by atoms with E-state index in [-0.39, 0.29) is 23.6 Å². The largest absolute Gasteiger partial charge is 0.395 e. The van der Waals surface area contributed by atoms with Crippen molar-refractivity contribution in [2.45, 2.75) is 24.8 Å². The molecule has 2 rings (SSSR count). The smallest absolute Gasteiger partial charge is 0.255 e. The van der Waals surface area contributed by atoms with Crippen LogP contribution >= 0.6 is 11.6 Å². The van der Waals surface area contributed by atoms with Gasteiger partial charge in [-0.1, -0.05) is 30.7 Å². The number of carbonyl (C=O) groups excluding carboxylic acids is 1. The minimum absolute atomic E-state index is 0.00149. The summed E-state index contributed by atoms with van der Waals surface area (Å²) in [6, 6.07) is 11.9.